The van der Waals surface area contributed by atoms with Gasteiger partial charge in [-0.05, 0) is 12.1 Å². The van der Waals surface area contributed by atoms with Crippen molar-refractivity contribution in [1.82, 2.24) is 13.7 Å². The predicted octanol–water partition coefficient (Wildman–Crippen LogP) is 2.04. The van der Waals surface area contributed by atoms with Crippen molar-refractivity contribution in [2.45, 2.75) is 0 Å². The number of amides is 1. The van der Waals surface area contributed by atoms with E-state index in [2.05, 4.69) is 13.7 Å². The van der Waals surface area contributed by atoms with Crippen LogP contribution in [-0.4, -0.2) is 19.6 Å². The van der Waals surface area contributed by atoms with Gasteiger partial charge in [0.1, 0.15) is 16.8 Å². The molecule has 1 aromatic carbocycles. The number of primary amides is 1. The molecule has 0 saturated heterocycles. The first-order valence-corrected chi connectivity index (χ1v) is 6.48. The van der Waals surface area contributed by atoms with Crippen molar-refractivity contribution in [2.75, 3.05) is 0 Å². The maximum atomic E-state index is 11.1. The lowest BCUT2D eigenvalue weighted by Crippen LogP contribution is -2.10. The van der Waals surface area contributed by atoms with Gasteiger partial charge in [-0.15, -0.1) is 11.3 Å². The molecular formula is C10H6N4O2S2. The molecule has 0 aliphatic carbocycles. The van der Waals surface area contributed by atoms with Gasteiger partial charge < -0.3 is 10.5 Å². The molecule has 0 fully saturated rings. The van der Waals surface area contributed by atoms with Crippen molar-refractivity contribution in [3.63, 3.8) is 0 Å². The van der Waals surface area contributed by atoms with Crippen LogP contribution in [0.25, 0.3) is 11.0 Å². The van der Waals surface area contributed by atoms with Crippen molar-refractivity contribution in [1.29, 1.82) is 0 Å². The Kier molecular flexibility index (Phi) is 2.65. The van der Waals surface area contributed by atoms with Gasteiger partial charge in [0.05, 0.1) is 17.2 Å². The number of aromatic nitrogens is 3. The Hall–Kier alpha value is -2.06. The zero-order valence-electron chi connectivity index (χ0n) is 8.86. The summed E-state index contributed by atoms with van der Waals surface area (Å²) in [6.07, 6.45) is 0. The highest BCUT2D eigenvalue weighted by atomic mass is 32.1. The topological polar surface area (TPSA) is 91.0 Å². The van der Waals surface area contributed by atoms with Crippen LogP contribution in [0.5, 0.6) is 11.6 Å². The van der Waals surface area contributed by atoms with Crippen LogP contribution < -0.4 is 10.5 Å². The second kappa shape index (κ2) is 4.31. The number of rotatable bonds is 3. The number of hydrogen-bond donors (Lipinski definition) is 1. The van der Waals surface area contributed by atoms with Crippen LogP contribution in [0.2, 0.25) is 0 Å². The fourth-order valence-corrected chi connectivity index (χ4v) is 2.49. The Bertz CT molecular complexity index is 721. The number of thiazole rings is 1. The molecule has 0 aliphatic rings. The van der Waals surface area contributed by atoms with E-state index in [0.29, 0.717) is 10.6 Å². The number of fused-ring (bicyclic) bond motifs is 1. The number of ether oxygens (including phenoxy) is 1. The first-order valence-electron chi connectivity index (χ1n) is 4.87. The van der Waals surface area contributed by atoms with Crippen LogP contribution in [-0.2, 0) is 0 Å². The van der Waals surface area contributed by atoms with E-state index in [1.165, 1.54) is 5.51 Å². The molecule has 0 atom stereocenters. The molecule has 6 nitrogen and oxygen atoms in total. The van der Waals surface area contributed by atoms with E-state index < -0.39 is 5.91 Å². The van der Waals surface area contributed by atoms with Crippen molar-refractivity contribution < 1.29 is 9.53 Å². The van der Waals surface area contributed by atoms with Gasteiger partial charge >= 0.3 is 0 Å². The SMILES string of the molecule is NC(=O)c1scnc1Oc1ccc2nsnc2c1. The summed E-state index contributed by atoms with van der Waals surface area (Å²) in [5, 5.41) is 0. The molecule has 1 amide bonds. The van der Waals surface area contributed by atoms with Crippen molar-refractivity contribution in [2.24, 2.45) is 5.73 Å². The molecule has 0 saturated carbocycles. The third-order valence-corrected chi connectivity index (χ3v) is 3.58. The van der Waals surface area contributed by atoms with Crippen LogP contribution >= 0.6 is 23.1 Å². The van der Waals surface area contributed by atoms with Gasteiger partial charge in [-0.3, -0.25) is 4.79 Å². The maximum Gasteiger partial charge on any atom is 0.264 e. The van der Waals surface area contributed by atoms with Crippen LogP contribution in [0.1, 0.15) is 9.67 Å². The molecule has 0 bridgehead atoms. The predicted molar refractivity (Wildman–Crippen MR) is 68.1 cm³/mol. The number of carbonyl (C=O) groups excluding carboxylic acids is 1. The van der Waals surface area contributed by atoms with Gasteiger partial charge in [0.25, 0.3) is 5.91 Å². The summed E-state index contributed by atoms with van der Waals surface area (Å²) < 4.78 is 13.7. The van der Waals surface area contributed by atoms with Crippen molar-refractivity contribution in [3.05, 3.63) is 28.6 Å². The number of nitrogens with zero attached hydrogens (tertiary/aromatic N) is 3. The zero-order valence-corrected chi connectivity index (χ0v) is 10.5. The molecule has 18 heavy (non-hydrogen) atoms. The molecular weight excluding hydrogens is 272 g/mol. The van der Waals surface area contributed by atoms with E-state index in [1.807, 2.05) is 0 Å². The van der Waals surface area contributed by atoms with Crippen LogP contribution in [0.3, 0.4) is 0 Å². The third kappa shape index (κ3) is 1.91. The highest BCUT2D eigenvalue weighted by molar-refractivity contribution is 7.12. The second-order valence-electron chi connectivity index (χ2n) is 3.37. The molecule has 3 rings (SSSR count). The fraction of sp³-hybridized carbons (Fsp3) is 0. The van der Waals surface area contributed by atoms with Gasteiger partial charge in [-0.1, -0.05) is 0 Å². The summed E-state index contributed by atoms with van der Waals surface area (Å²) in [4.78, 5) is 15.4. The van der Waals surface area contributed by atoms with E-state index in [1.54, 1.807) is 18.2 Å². The Labute approximate surface area is 109 Å². The summed E-state index contributed by atoms with van der Waals surface area (Å²) in [6, 6.07) is 5.28. The normalized spacial score (nSPS) is 10.7. The summed E-state index contributed by atoms with van der Waals surface area (Å²) >= 11 is 2.28. The average molecular weight is 278 g/mol. The van der Waals surface area contributed by atoms with Crippen LogP contribution in [0.15, 0.2) is 23.7 Å². The quantitative estimate of drug-likeness (QED) is 0.791. The summed E-state index contributed by atoms with van der Waals surface area (Å²) in [6.45, 7) is 0. The molecule has 2 N–H and O–H groups in total. The molecule has 0 aliphatic heterocycles. The van der Waals surface area contributed by atoms with E-state index in [0.717, 1.165) is 34.1 Å². The molecule has 2 aromatic heterocycles. The lowest BCUT2D eigenvalue weighted by atomic mass is 10.3. The molecule has 0 spiro atoms. The summed E-state index contributed by atoms with van der Waals surface area (Å²) in [5.74, 6) is 0.211. The highest BCUT2D eigenvalue weighted by Gasteiger charge is 2.14. The molecule has 2 heterocycles. The number of carbonyl (C=O) groups is 1. The maximum absolute atomic E-state index is 11.1. The third-order valence-electron chi connectivity index (χ3n) is 2.20. The minimum atomic E-state index is -0.552. The van der Waals surface area contributed by atoms with Gasteiger partial charge in [0.2, 0.25) is 5.88 Å². The van der Waals surface area contributed by atoms with Gasteiger partial charge in [-0.25, -0.2) is 4.98 Å². The van der Waals surface area contributed by atoms with Crippen molar-refractivity contribution >= 4 is 40.0 Å². The Balaban J connectivity index is 1.95. The first-order chi connectivity index (χ1) is 8.74. The standard InChI is InChI=1S/C10H6N4O2S2/c11-9(15)8-10(12-4-17-8)16-5-1-2-6-7(3-5)14-18-13-6/h1-4H,(H2,11,15). The number of nitrogens with two attached hydrogens (primary N) is 1. The largest absolute Gasteiger partial charge is 0.437 e. The zero-order chi connectivity index (χ0) is 12.5. The fourth-order valence-electron chi connectivity index (χ4n) is 1.41. The van der Waals surface area contributed by atoms with E-state index in [-0.39, 0.29) is 5.88 Å². The first kappa shape index (κ1) is 11.1. The molecule has 0 unspecified atom stereocenters. The average Bonchev–Trinajstić information content (AvgIpc) is 2.96. The van der Waals surface area contributed by atoms with E-state index in [4.69, 9.17) is 10.5 Å². The minimum Gasteiger partial charge on any atom is -0.437 e. The monoisotopic (exact) mass is 278 g/mol. The van der Waals surface area contributed by atoms with E-state index >= 15 is 0 Å². The molecule has 3 aromatic rings. The Morgan fingerprint density at radius 1 is 1.28 bits per heavy atom. The lowest BCUT2D eigenvalue weighted by Gasteiger charge is -2.02. The molecule has 8 heteroatoms. The van der Waals surface area contributed by atoms with Gasteiger partial charge in [0.15, 0.2) is 4.88 Å². The Morgan fingerprint density at radius 2 is 2.11 bits per heavy atom. The molecule has 90 valence electrons. The van der Waals surface area contributed by atoms with Crippen LogP contribution in [0, 0.1) is 0 Å². The summed E-state index contributed by atoms with van der Waals surface area (Å²) in [7, 11) is 0. The second-order valence-corrected chi connectivity index (χ2v) is 4.75. The lowest BCUT2D eigenvalue weighted by molar-refractivity contribution is 0.100. The molecule has 0 radical (unpaired) electrons. The number of hydrogen-bond acceptors (Lipinski definition) is 7. The van der Waals surface area contributed by atoms with Crippen LogP contribution in [0.4, 0.5) is 0 Å². The Morgan fingerprint density at radius 3 is 2.94 bits per heavy atom. The number of benzene rings is 1. The minimum absolute atomic E-state index is 0.218. The summed E-state index contributed by atoms with van der Waals surface area (Å²) in [5.41, 5.74) is 8.28. The van der Waals surface area contributed by atoms with Gasteiger partial charge in [0, 0.05) is 6.07 Å². The highest BCUT2D eigenvalue weighted by Crippen LogP contribution is 2.28. The van der Waals surface area contributed by atoms with Gasteiger partial charge in [-0.2, -0.15) is 8.75 Å². The van der Waals surface area contributed by atoms with E-state index in [9.17, 15) is 4.79 Å². The smallest absolute Gasteiger partial charge is 0.264 e. The van der Waals surface area contributed by atoms with Crippen molar-refractivity contribution in [3.8, 4) is 11.6 Å².